The van der Waals surface area contributed by atoms with Gasteiger partial charge in [0.2, 0.25) is 0 Å². The van der Waals surface area contributed by atoms with Gasteiger partial charge in [0.05, 0.1) is 23.4 Å². The molecule has 4 atom stereocenters. The van der Waals surface area contributed by atoms with Crippen molar-refractivity contribution in [1.29, 1.82) is 0 Å². The Morgan fingerprint density at radius 1 is 0.611 bits per heavy atom. The van der Waals surface area contributed by atoms with Crippen molar-refractivity contribution in [3.63, 3.8) is 0 Å². The molecule has 13 heteroatoms. The van der Waals surface area contributed by atoms with Crippen molar-refractivity contribution in [1.82, 2.24) is 9.80 Å². The van der Waals surface area contributed by atoms with Gasteiger partial charge in [0.25, 0.3) is 0 Å². The number of piperidine rings is 2. The number of hydrogen-bond acceptors (Lipinski definition) is 11. The smallest absolute Gasteiger partial charge is 1.00 e. The molecule has 0 radical (unpaired) electrons. The Bertz CT molecular complexity index is 1510. The van der Waals surface area contributed by atoms with E-state index >= 15 is 0 Å². The Labute approximate surface area is 340 Å². The monoisotopic (exact) mass is 758 g/mol. The topological polar surface area (TPSA) is 206 Å². The minimum absolute atomic E-state index is 0. The summed E-state index contributed by atoms with van der Waals surface area (Å²) in [6.45, 7) is 6.89. The van der Waals surface area contributed by atoms with E-state index in [1.165, 1.54) is 0 Å². The molecule has 4 aromatic rings. The van der Waals surface area contributed by atoms with Crippen LogP contribution in [0.2, 0.25) is 0 Å². The second-order valence-electron chi connectivity index (χ2n) is 13.6. The van der Waals surface area contributed by atoms with Gasteiger partial charge in [-0.25, -0.2) is 5.26 Å². The molecule has 0 amide bonds. The maximum absolute atomic E-state index is 10.9. The average molecular weight is 759 g/mol. The van der Waals surface area contributed by atoms with E-state index in [1.54, 1.807) is 48.5 Å². The summed E-state index contributed by atoms with van der Waals surface area (Å²) in [4.78, 5) is 16.0. The van der Waals surface area contributed by atoms with Gasteiger partial charge in [-0.05, 0) is 86.1 Å². The second kappa shape index (κ2) is 22.2. The molecule has 2 saturated heterocycles. The van der Waals surface area contributed by atoms with E-state index in [-0.39, 0.29) is 66.5 Å². The first-order chi connectivity index (χ1) is 24.9. The number of nitrogens with zero attached hydrogens (tertiary/aromatic N) is 2. The van der Waals surface area contributed by atoms with Crippen molar-refractivity contribution in [2.24, 2.45) is 0 Å². The number of rotatable bonds is 9. The maximum Gasteiger partial charge on any atom is 1.00 e. The van der Waals surface area contributed by atoms with E-state index < -0.39 is 23.4 Å². The van der Waals surface area contributed by atoms with Gasteiger partial charge >= 0.3 is 36.0 Å². The van der Waals surface area contributed by atoms with Crippen molar-refractivity contribution in [3.8, 4) is 11.5 Å². The van der Waals surface area contributed by atoms with Crippen molar-refractivity contribution in [2.45, 2.75) is 75.0 Å². The van der Waals surface area contributed by atoms with Crippen LogP contribution in [0.5, 0.6) is 11.5 Å². The Hall–Kier alpha value is -3.37. The van der Waals surface area contributed by atoms with Crippen LogP contribution in [0.3, 0.4) is 0 Å². The minimum Gasteiger partial charge on any atom is -1.00 e. The summed E-state index contributed by atoms with van der Waals surface area (Å²) in [5, 5.41) is 68.8. The molecule has 12 nitrogen and oxygen atoms in total. The number of hydrogen-bond donors (Lipinski definition) is 7. The van der Waals surface area contributed by atoms with E-state index in [9.17, 15) is 30.6 Å². The molecule has 2 heterocycles. The van der Waals surface area contributed by atoms with Crippen molar-refractivity contribution in [3.05, 3.63) is 131 Å². The number of likely N-dealkylation sites (tertiary alicyclic amines) is 2. The molecule has 0 aromatic heterocycles. The van der Waals surface area contributed by atoms with Crippen molar-refractivity contribution >= 4 is 6.47 Å². The first-order valence-corrected chi connectivity index (χ1v) is 17.6. The molecule has 0 spiro atoms. The second-order valence-corrected chi connectivity index (χ2v) is 13.6. The van der Waals surface area contributed by atoms with Crippen LogP contribution in [0.15, 0.2) is 109 Å². The van der Waals surface area contributed by atoms with E-state index in [4.69, 9.17) is 10.1 Å². The molecule has 6 rings (SSSR count). The molecule has 4 aromatic carbocycles. The summed E-state index contributed by atoms with van der Waals surface area (Å²) in [6.07, 6.45) is 1.39. The average Bonchev–Trinajstić information content (AvgIpc) is 3.19. The van der Waals surface area contributed by atoms with Crippen LogP contribution in [0.4, 0.5) is 0 Å². The van der Waals surface area contributed by atoms with Crippen LogP contribution in [0.25, 0.3) is 0 Å². The van der Waals surface area contributed by atoms with Gasteiger partial charge in [-0.15, -0.1) is 0 Å². The van der Waals surface area contributed by atoms with Gasteiger partial charge in [0.1, 0.15) is 11.5 Å². The normalized spacial score (nSPS) is 18.6. The summed E-state index contributed by atoms with van der Waals surface area (Å²) in [7, 11) is 0. The molecule has 0 unspecified atom stereocenters. The van der Waals surface area contributed by atoms with Crippen molar-refractivity contribution in [2.75, 3.05) is 26.2 Å². The summed E-state index contributed by atoms with van der Waals surface area (Å²) >= 11 is 0. The first kappa shape index (κ1) is 46.8. The third-order valence-electron chi connectivity index (χ3n) is 10.5. The van der Waals surface area contributed by atoms with Gasteiger partial charge in [-0.2, -0.15) is 0 Å². The number of aliphatic hydroxyl groups excluding tert-OH is 2. The Kier molecular flexibility index (Phi) is 19.3. The van der Waals surface area contributed by atoms with Crippen LogP contribution in [0.1, 0.15) is 75.4 Å². The zero-order chi connectivity index (χ0) is 37.7. The van der Waals surface area contributed by atoms with Crippen LogP contribution >= 0.6 is 0 Å². The molecular formula is C41H55N2NaO10. The maximum atomic E-state index is 10.9. The predicted molar refractivity (Wildman–Crippen MR) is 202 cm³/mol. The van der Waals surface area contributed by atoms with E-state index in [2.05, 4.69) is 14.7 Å². The minimum atomic E-state index is -0.777. The summed E-state index contributed by atoms with van der Waals surface area (Å²) in [5.41, 5.74) is 1.98. The number of phenolic OH excluding ortho intramolecular Hbond substituents is 2. The molecule has 0 bridgehead atoms. The molecule has 2 fully saturated rings. The van der Waals surface area contributed by atoms with Crippen LogP contribution in [-0.4, -0.2) is 95.9 Å². The molecule has 54 heavy (non-hydrogen) atoms. The quantitative estimate of drug-likeness (QED) is 0.0564. The first-order valence-electron chi connectivity index (χ1n) is 17.6. The number of aromatic hydroxyl groups is 2. The van der Waals surface area contributed by atoms with Gasteiger partial charge in [0, 0.05) is 38.3 Å². The van der Waals surface area contributed by atoms with E-state index in [1.807, 2.05) is 74.5 Å². The number of aliphatic hydroxyl groups is 4. The zero-order valence-electron chi connectivity index (χ0n) is 32.3. The fraction of sp³-hybridized carbons (Fsp3) is 0.390. The summed E-state index contributed by atoms with van der Waals surface area (Å²) < 4.78 is 0. The molecule has 0 saturated carbocycles. The SMILES string of the molecule is C[C@@H]([C@@H](O)c1ccc(O)cc1)N1CCC(O)(c2ccccc2)CC1.C[C@@H]([C@@H](O)c1ccc(O)cc1)N1CCC(O)(c2ccccc2)CC1.O.O=COO.[H-].[Na+]. The van der Waals surface area contributed by atoms with Crippen LogP contribution in [-0.2, 0) is 20.9 Å². The Morgan fingerprint density at radius 3 is 1.15 bits per heavy atom. The largest absolute Gasteiger partial charge is 1.00 e. The zero-order valence-corrected chi connectivity index (χ0v) is 33.3. The number of carbonyl (C=O) groups is 1. The third-order valence-corrected chi connectivity index (χ3v) is 10.5. The Balaban J connectivity index is 0.000000477. The van der Waals surface area contributed by atoms with Gasteiger partial charge in [0.15, 0.2) is 0 Å². The standard InChI is InChI=1S/2C20H25NO3.CH2O3.Na.H2O.H/c2*1-15(19(23)16-7-9-18(22)10-8-16)21-13-11-20(24,12-14-21)17-5-3-2-4-6-17;2-1-4-3;;;/h2*2-10,15,19,22-24H,11-14H2,1H3;1,3H;;1H2;/q;;;+1;;-1/t2*15-,19+;;;;/m00..../s1. The van der Waals surface area contributed by atoms with Crippen LogP contribution < -0.4 is 29.6 Å². The molecular weight excluding hydrogens is 703 g/mol. The molecule has 290 valence electrons. The summed E-state index contributed by atoms with van der Waals surface area (Å²) in [5.74, 6) is 0.397. The van der Waals surface area contributed by atoms with Gasteiger partial charge < -0.3 is 42.4 Å². The molecule has 0 aliphatic carbocycles. The Morgan fingerprint density at radius 2 is 0.889 bits per heavy atom. The summed E-state index contributed by atoms with van der Waals surface area (Å²) in [6, 6.07) is 32.9. The molecule has 9 N–H and O–H groups in total. The number of phenols is 2. The fourth-order valence-electron chi connectivity index (χ4n) is 6.98. The molecule has 2 aliphatic heterocycles. The van der Waals surface area contributed by atoms with E-state index in [0.717, 1.165) is 48.4 Å². The van der Waals surface area contributed by atoms with Gasteiger partial charge in [-0.3, -0.25) is 14.6 Å². The number of benzene rings is 4. The molecule has 2 aliphatic rings. The van der Waals surface area contributed by atoms with Crippen molar-refractivity contribution < 1.29 is 82.0 Å². The van der Waals surface area contributed by atoms with Crippen LogP contribution in [0, 0.1) is 0 Å². The fourth-order valence-corrected chi connectivity index (χ4v) is 6.98. The third kappa shape index (κ3) is 12.6. The number of carbonyl (C=O) groups excluding carboxylic acids is 1. The predicted octanol–water partition coefficient (Wildman–Crippen LogP) is 1.52. The van der Waals surface area contributed by atoms with Gasteiger partial charge in [-0.1, -0.05) is 84.9 Å². The van der Waals surface area contributed by atoms with E-state index in [0.29, 0.717) is 25.7 Å².